The lowest BCUT2D eigenvalue weighted by Gasteiger charge is -2.26. The van der Waals surface area contributed by atoms with Crippen LogP contribution in [0.1, 0.15) is 66.7 Å². The van der Waals surface area contributed by atoms with Crippen LogP contribution in [-0.2, 0) is 4.79 Å². The van der Waals surface area contributed by atoms with E-state index in [1.165, 1.54) is 25.7 Å². The summed E-state index contributed by atoms with van der Waals surface area (Å²) in [7, 11) is 1.76. The largest absolute Gasteiger partial charge is 0.356 e. The number of aliphatic imine (C=N–C) groups is 1. The summed E-state index contributed by atoms with van der Waals surface area (Å²) in [6.07, 6.45) is 6.24. The third-order valence-electron chi connectivity index (χ3n) is 3.75. The second-order valence-corrected chi connectivity index (χ2v) is 6.56. The number of hydrogen-bond acceptors (Lipinski definition) is 2. The van der Waals surface area contributed by atoms with Crippen LogP contribution in [0.5, 0.6) is 0 Å². The Kier molecular flexibility index (Phi) is 14.9. The van der Waals surface area contributed by atoms with Gasteiger partial charge in [0.05, 0.1) is 5.41 Å². The van der Waals surface area contributed by atoms with Crippen molar-refractivity contribution in [2.24, 2.45) is 10.4 Å². The molecule has 0 heterocycles. The highest BCUT2D eigenvalue weighted by Gasteiger charge is 2.27. The lowest BCUT2D eigenvalue weighted by molar-refractivity contribution is -0.128. The van der Waals surface area contributed by atoms with Gasteiger partial charge in [-0.05, 0) is 34.1 Å². The first kappa shape index (κ1) is 24.7. The van der Waals surface area contributed by atoms with Gasteiger partial charge < -0.3 is 16.0 Å². The molecule has 138 valence electrons. The summed E-state index contributed by atoms with van der Waals surface area (Å²) in [5.41, 5.74) is -0.460. The molecule has 1 amide bonds. The molecular weight excluding hydrogens is 403 g/mol. The van der Waals surface area contributed by atoms with Crippen molar-refractivity contribution < 1.29 is 4.79 Å². The topological polar surface area (TPSA) is 65.5 Å². The van der Waals surface area contributed by atoms with E-state index in [0.717, 1.165) is 12.4 Å². The van der Waals surface area contributed by atoms with Crippen LogP contribution in [0, 0.1) is 5.41 Å². The van der Waals surface area contributed by atoms with Crippen molar-refractivity contribution in [3.05, 3.63) is 0 Å². The Balaban J connectivity index is 0. The lowest BCUT2D eigenvalue weighted by atomic mass is 9.92. The Morgan fingerprint density at radius 1 is 1.13 bits per heavy atom. The van der Waals surface area contributed by atoms with Crippen LogP contribution >= 0.6 is 24.0 Å². The standard InChI is InChI=1S/C17H36N4O.HI/c1-7-9-10-11-12-14(3)21-16(18-6)20-13-17(4,5)15(22)19-8-2;/h14H,7-13H2,1-6H3,(H,19,22)(H2,18,20,21);1H. The minimum absolute atomic E-state index is 0. The van der Waals surface area contributed by atoms with Crippen molar-refractivity contribution in [2.75, 3.05) is 20.1 Å². The maximum absolute atomic E-state index is 12.0. The van der Waals surface area contributed by atoms with E-state index < -0.39 is 5.41 Å². The Labute approximate surface area is 159 Å². The van der Waals surface area contributed by atoms with Crippen LogP contribution < -0.4 is 16.0 Å². The number of unbranched alkanes of at least 4 members (excludes halogenated alkanes) is 3. The number of carbonyl (C=O) groups is 1. The predicted molar refractivity (Wildman–Crippen MR) is 111 cm³/mol. The maximum atomic E-state index is 12.0. The first-order valence-corrected chi connectivity index (χ1v) is 8.62. The van der Waals surface area contributed by atoms with E-state index in [0.29, 0.717) is 19.1 Å². The number of rotatable bonds is 10. The summed E-state index contributed by atoms with van der Waals surface area (Å²) >= 11 is 0. The summed E-state index contributed by atoms with van der Waals surface area (Å²) < 4.78 is 0. The summed E-state index contributed by atoms with van der Waals surface area (Å²) in [6.45, 7) is 11.4. The second kappa shape index (κ2) is 13.9. The average Bonchev–Trinajstić information content (AvgIpc) is 2.48. The van der Waals surface area contributed by atoms with Gasteiger partial charge in [0.15, 0.2) is 5.96 Å². The highest BCUT2D eigenvalue weighted by Crippen LogP contribution is 2.13. The molecule has 6 heteroatoms. The van der Waals surface area contributed by atoms with Gasteiger partial charge in [0, 0.05) is 26.2 Å². The van der Waals surface area contributed by atoms with Gasteiger partial charge in [0.25, 0.3) is 0 Å². The fraction of sp³-hybridized carbons (Fsp3) is 0.882. The van der Waals surface area contributed by atoms with Gasteiger partial charge in [-0.25, -0.2) is 0 Å². The van der Waals surface area contributed by atoms with E-state index in [1.807, 2.05) is 20.8 Å². The van der Waals surface area contributed by atoms with Gasteiger partial charge in [-0.3, -0.25) is 9.79 Å². The Morgan fingerprint density at radius 2 is 1.78 bits per heavy atom. The van der Waals surface area contributed by atoms with Crippen molar-refractivity contribution in [3.63, 3.8) is 0 Å². The molecule has 0 spiro atoms. The zero-order valence-electron chi connectivity index (χ0n) is 15.8. The third kappa shape index (κ3) is 11.6. The molecule has 0 fully saturated rings. The van der Waals surface area contributed by atoms with Crippen LogP contribution in [0.2, 0.25) is 0 Å². The molecule has 23 heavy (non-hydrogen) atoms. The zero-order valence-corrected chi connectivity index (χ0v) is 18.1. The number of halogens is 1. The van der Waals surface area contributed by atoms with Crippen LogP contribution in [-0.4, -0.2) is 38.0 Å². The van der Waals surface area contributed by atoms with Crippen molar-refractivity contribution in [2.45, 2.75) is 72.8 Å². The van der Waals surface area contributed by atoms with E-state index in [1.54, 1.807) is 7.05 Å². The molecular formula is C17H37IN4O. The maximum Gasteiger partial charge on any atom is 0.227 e. The number of hydrogen-bond donors (Lipinski definition) is 3. The minimum atomic E-state index is -0.460. The molecule has 0 rings (SSSR count). The average molecular weight is 440 g/mol. The molecule has 0 aliphatic carbocycles. The third-order valence-corrected chi connectivity index (χ3v) is 3.75. The molecule has 0 saturated carbocycles. The molecule has 0 bridgehead atoms. The fourth-order valence-corrected chi connectivity index (χ4v) is 2.16. The molecule has 1 unspecified atom stereocenters. The van der Waals surface area contributed by atoms with Crippen LogP contribution in [0.4, 0.5) is 0 Å². The fourth-order valence-electron chi connectivity index (χ4n) is 2.16. The molecule has 5 nitrogen and oxygen atoms in total. The summed E-state index contributed by atoms with van der Waals surface area (Å²) in [6, 6.07) is 0.385. The molecule has 0 aromatic carbocycles. The molecule has 0 aromatic rings. The number of amides is 1. The quantitative estimate of drug-likeness (QED) is 0.211. The van der Waals surface area contributed by atoms with Crippen LogP contribution in [0.15, 0.2) is 4.99 Å². The van der Waals surface area contributed by atoms with Gasteiger partial charge in [0.1, 0.15) is 0 Å². The van der Waals surface area contributed by atoms with E-state index in [2.05, 4.69) is 34.8 Å². The molecule has 3 N–H and O–H groups in total. The Bertz CT molecular complexity index is 345. The molecule has 0 radical (unpaired) electrons. The van der Waals surface area contributed by atoms with Gasteiger partial charge in [0.2, 0.25) is 5.91 Å². The molecule has 0 aliphatic heterocycles. The Hall–Kier alpha value is -0.530. The van der Waals surface area contributed by atoms with Crippen LogP contribution in [0.25, 0.3) is 0 Å². The first-order chi connectivity index (χ1) is 10.4. The van der Waals surface area contributed by atoms with E-state index in [9.17, 15) is 4.79 Å². The molecule has 0 aromatic heterocycles. The van der Waals surface area contributed by atoms with Crippen molar-refractivity contribution in [1.82, 2.24) is 16.0 Å². The van der Waals surface area contributed by atoms with E-state index in [4.69, 9.17) is 0 Å². The SMILES string of the molecule is CCCCCCC(C)NC(=NC)NCC(C)(C)C(=O)NCC.I. The number of nitrogens with one attached hydrogen (secondary N) is 3. The van der Waals surface area contributed by atoms with Gasteiger partial charge >= 0.3 is 0 Å². The highest BCUT2D eigenvalue weighted by molar-refractivity contribution is 14.0. The number of carbonyl (C=O) groups excluding carboxylic acids is 1. The zero-order chi connectivity index (χ0) is 17.0. The van der Waals surface area contributed by atoms with Crippen molar-refractivity contribution >= 4 is 35.8 Å². The van der Waals surface area contributed by atoms with E-state index >= 15 is 0 Å². The monoisotopic (exact) mass is 440 g/mol. The normalized spacial score (nSPS) is 13.0. The van der Waals surface area contributed by atoms with E-state index in [-0.39, 0.29) is 29.9 Å². The highest BCUT2D eigenvalue weighted by atomic mass is 127. The molecule has 0 aliphatic rings. The minimum Gasteiger partial charge on any atom is -0.356 e. The van der Waals surface area contributed by atoms with Crippen LogP contribution in [0.3, 0.4) is 0 Å². The molecule has 0 saturated heterocycles. The number of nitrogens with zero attached hydrogens (tertiary/aromatic N) is 1. The Morgan fingerprint density at radius 3 is 2.30 bits per heavy atom. The molecule has 1 atom stereocenters. The second-order valence-electron chi connectivity index (χ2n) is 6.56. The summed E-state index contributed by atoms with van der Waals surface area (Å²) in [4.78, 5) is 16.2. The van der Waals surface area contributed by atoms with Gasteiger partial charge in [-0.15, -0.1) is 24.0 Å². The van der Waals surface area contributed by atoms with Crippen molar-refractivity contribution in [3.8, 4) is 0 Å². The summed E-state index contributed by atoms with van der Waals surface area (Å²) in [5, 5.41) is 9.52. The summed E-state index contributed by atoms with van der Waals surface area (Å²) in [5.74, 6) is 0.825. The smallest absolute Gasteiger partial charge is 0.227 e. The lowest BCUT2D eigenvalue weighted by Crippen LogP contribution is -2.49. The van der Waals surface area contributed by atoms with Crippen molar-refractivity contribution in [1.29, 1.82) is 0 Å². The predicted octanol–water partition coefficient (Wildman–Crippen LogP) is 3.29. The first-order valence-electron chi connectivity index (χ1n) is 8.62. The van der Waals surface area contributed by atoms with Gasteiger partial charge in [-0.2, -0.15) is 0 Å². The van der Waals surface area contributed by atoms with Gasteiger partial charge in [-0.1, -0.05) is 32.6 Å². The number of guanidine groups is 1.